The fourth-order valence-electron chi connectivity index (χ4n) is 2.81. The average Bonchev–Trinajstić information content (AvgIpc) is 2.43. The Morgan fingerprint density at radius 2 is 1.89 bits per heavy atom. The smallest absolute Gasteiger partial charge is 0.0328 e. The lowest BCUT2D eigenvalue weighted by atomic mass is 9.87. The number of benzene rings is 1. The Hall–Kier alpha value is -0.900. The molecule has 1 aromatic rings. The van der Waals surface area contributed by atoms with Gasteiger partial charge in [0.25, 0.3) is 0 Å². The van der Waals surface area contributed by atoms with Crippen molar-refractivity contribution in [2.24, 2.45) is 5.73 Å². The van der Waals surface area contributed by atoms with E-state index < -0.39 is 0 Å². The molecular weight excluding hydrogens is 222 g/mol. The molecule has 2 rings (SSSR count). The van der Waals surface area contributed by atoms with E-state index in [0.29, 0.717) is 0 Å². The monoisotopic (exact) mass is 247 g/mol. The van der Waals surface area contributed by atoms with E-state index >= 15 is 0 Å². The minimum Gasteiger partial charge on any atom is -0.329 e. The lowest BCUT2D eigenvalue weighted by Crippen LogP contribution is -2.57. The van der Waals surface area contributed by atoms with Crippen LogP contribution in [-0.2, 0) is 6.54 Å². The van der Waals surface area contributed by atoms with E-state index in [1.807, 2.05) is 0 Å². The first kappa shape index (κ1) is 13.5. The van der Waals surface area contributed by atoms with Gasteiger partial charge in [0, 0.05) is 31.7 Å². The number of nitrogens with two attached hydrogens (primary N) is 1. The minimum atomic E-state index is 0.182. The number of nitrogens with one attached hydrogen (secondary N) is 1. The predicted octanol–water partition coefficient (Wildman–Crippen LogP) is 1.59. The van der Waals surface area contributed by atoms with Crippen LogP contribution in [0.15, 0.2) is 30.3 Å². The van der Waals surface area contributed by atoms with Crippen LogP contribution in [0.25, 0.3) is 0 Å². The summed E-state index contributed by atoms with van der Waals surface area (Å²) in [6.07, 6.45) is 2.31. The summed E-state index contributed by atoms with van der Waals surface area (Å²) in [5.74, 6) is 0. The van der Waals surface area contributed by atoms with E-state index in [1.165, 1.54) is 5.56 Å². The third kappa shape index (κ3) is 3.31. The summed E-state index contributed by atoms with van der Waals surface area (Å²) in [7, 11) is 0. The van der Waals surface area contributed by atoms with Gasteiger partial charge in [0.2, 0.25) is 0 Å². The molecule has 1 aliphatic heterocycles. The van der Waals surface area contributed by atoms with Gasteiger partial charge in [-0.05, 0) is 24.9 Å². The Morgan fingerprint density at radius 3 is 2.44 bits per heavy atom. The standard InChI is InChI=1S/C15H25N3/c1-2-17-15(13-16)8-10-18(11-9-15)12-14-6-4-3-5-7-14/h3-7,17H,2,8-13,16H2,1H3. The summed E-state index contributed by atoms with van der Waals surface area (Å²) in [5.41, 5.74) is 7.53. The number of hydrogen-bond donors (Lipinski definition) is 2. The van der Waals surface area contributed by atoms with E-state index in [0.717, 1.165) is 45.6 Å². The van der Waals surface area contributed by atoms with Crippen molar-refractivity contribution in [3.8, 4) is 0 Å². The number of likely N-dealkylation sites (N-methyl/N-ethyl adjacent to an activating group) is 1. The summed E-state index contributed by atoms with van der Waals surface area (Å²) >= 11 is 0. The highest BCUT2D eigenvalue weighted by molar-refractivity contribution is 5.14. The van der Waals surface area contributed by atoms with Crippen molar-refractivity contribution < 1.29 is 0 Å². The van der Waals surface area contributed by atoms with Gasteiger partial charge in [0.05, 0.1) is 0 Å². The van der Waals surface area contributed by atoms with Crippen LogP contribution in [0.4, 0.5) is 0 Å². The van der Waals surface area contributed by atoms with Gasteiger partial charge in [-0.3, -0.25) is 4.90 Å². The van der Waals surface area contributed by atoms with Crippen LogP contribution in [0.2, 0.25) is 0 Å². The van der Waals surface area contributed by atoms with E-state index in [1.54, 1.807) is 0 Å². The molecule has 3 N–H and O–H groups in total. The highest BCUT2D eigenvalue weighted by Gasteiger charge is 2.32. The normalized spacial score (nSPS) is 19.9. The van der Waals surface area contributed by atoms with Crippen molar-refractivity contribution in [1.29, 1.82) is 0 Å². The number of piperidine rings is 1. The highest BCUT2D eigenvalue weighted by atomic mass is 15.2. The second-order valence-electron chi connectivity index (χ2n) is 5.28. The van der Waals surface area contributed by atoms with Crippen molar-refractivity contribution in [1.82, 2.24) is 10.2 Å². The Kier molecular flexibility index (Phi) is 4.75. The van der Waals surface area contributed by atoms with E-state index in [2.05, 4.69) is 47.5 Å². The fourth-order valence-corrected chi connectivity index (χ4v) is 2.81. The third-order valence-corrected chi connectivity index (χ3v) is 4.00. The van der Waals surface area contributed by atoms with Crippen LogP contribution >= 0.6 is 0 Å². The van der Waals surface area contributed by atoms with Gasteiger partial charge in [0.1, 0.15) is 0 Å². The van der Waals surface area contributed by atoms with Crippen molar-refractivity contribution >= 4 is 0 Å². The largest absolute Gasteiger partial charge is 0.329 e. The first-order valence-electron chi connectivity index (χ1n) is 6.99. The van der Waals surface area contributed by atoms with Crippen molar-refractivity contribution in [3.63, 3.8) is 0 Å². The molecule has 1 aliphatic rings. The third-order valence-electron chi connectivity index (χ3n) is 4.00. The zero-order valence-electron chi connectivity index (χ0n) is 11.4. The van der Waals surface area contributed by atoms with Crippen LogP contribution < -0.4 is 11.1 Å². The number of likely N-dealkylation sites (tertiary alicyclic amines) is 1. The summed E-state index contributed by atoms with van der Waals surface area (Å²) < 4.78 is 0. The van der Waals surface area contributed by atoms with Gasteiger partial charge in [-0.25, -0.2) is 0 Å². The van der Waals surface area contributed by atoms with Crippen LogP contribution in [-0.4, -0.2) is 36.6 Å². The molecular formula is C15H25N3. The molecule has 0 aromatic heterocycles. The molecule has 0 unspecified atom stereocenters. The molecule has 1 fully saturated rings. The zero-order valence-corrected chi connectivity index (χ0v) is 11.4. The Morgan fingerprint density at radius 1 is 1.22 bits per heavy atom. The maximum Gasteiger partial charge on any atom is 0.0328 e. The van der Waals surface area contributed by atoms with Crippen LogP contribution in [0, 0.1) is 0 Å². The van der Waals surface area contributed by atoms with E-state index in [4.69, 9.17) is 5.73 Å². The van der Waals surface area contributed by atoms with Gasteiger partial charge < -0.3 is 11.1 Å². The molecule has 0 bridgehead atoms. The molecule has 0 spiro atoms. The zero-order chi connectivity index (χ0) is 12.8. The summed E-state index contributed by atoms with van der Waals surface area (Å²) in [4.78, 5) is 2.53. The summed E-state index contributed by atoms with van der Waals surface area (Å²) in [6.45, 7) is 7.26. The lowest BCUT2D eigenvalue weighted by Gasteiger charge is -2.41. The van der Waals surface area contributed by atoms with Crippen molar-refractivity contribution in [2.75, 3.05) is 26.2 Å². The minimum absolute atomic E-state index is 0.182. The second-order valence-corrected chi connectivity index (χ2v) is 5.28. The number of hydrogen-bond acceptors (Lipinski definition) is 3. The van der Waals surface area contributed by atoms with Crippen LogP contribution in [0.1, 0.15) is 25.3 Å². The molecule has 3 nitrogen and oxygen atoms in total. The van der Waals surface area contributed by atoms with Crippen molar-refractivity contribution in [3.05, 3.63) is 35.9 Å². The lowest BCUT2D eigenvalue weighted by molar-refractivity contribution is 0.135. The fraction of sp³-hybridized carbons (Fsp3) is 0.600. The molecule has 1 saturated heterocycles. The molecule has 1 heterocycles. The summed E-state index contributed by atoms with van der Waals surface area (Å²) in [6, 6.07) is 10.7. The Bertz CT molecular complexity index is 342. The predicted molar refractivity (Wildman–Crippen MR) is 76.4 cm³/mol. The highest BCUT2D eigenvalue weighted by Crippen LogP contribution is 2.22. The molecule has 0 radical (unpaired) electrons. The maximum atomic E-state index is 5.94. The molecule has 100 valence electrons. The second kappa shape index (κ2) is 6.32. The van der Waals surface area contributed by atoms with Crippen molar-refractivity contribution in [2.45, 2.75) is 31.8 Å². The van der Waals surface area contributed by atoms with E-state index in [-0.39, 0.29) is 5.54 Å². The van der Waals surface area contributed by atoms with Gasteiger partial charge in [-0.1, -0.05) is 37.3 Å². The number of nitrogens with zero attached hydrogens (tertiary/aromatic N) is 1. The topological polar surface area (TPSA) is 41.3 Å². The van der Waals surface area contributed by atoms with Crippen LogP contribution in [0.3, 0.4) is 0 Å². The van der Waals surface area contributed by atoms with Gasteiger partial charge in [0.15, 0.2) is 0 Å². The first-order valence-corrected chi connectivity index (χ1v) is 6.99. The molecule has 1 aromatic carbocycles. The molecule has 0 saturated carbocycles. The van der Waals surface area contributed by atoms with Gasteiger partial charge >= 0.3 is 0 Å². The molecule has 18 heavy (non-hydrogen) atoms. The average molecular weight is 247 g/mol. The quantitative estimate of drug-likeness (QED) is 0.830. The number of rotatable bonds is 5. The van der Waals surface area contributed by atoms with E-state index in [9.17, 15) is 0 Å². The summed E-state index contributed by atoms with van der Waals surface area (Å²) in [5, 5.41) is 3.58. The van der Waals surface area contributed by atoms with Gasteiger partial charge in [-0.15, -0.1) is 0 Å². The molecule has 3 heteroatoms. The molecule has 0 amide bonds. The Labute approximate surface area is 110 Å². The SMILES string of the molecule is CCNC1(CN)CCN(Cc2ccccc2)CC1. The molecule has 0 atom stereocenters. The van der Waals surface area contributed by atoms with Crippen LogP contribution in [0.5, 0.6) is 0 Å². The first-order chi connectivity index (χ1) is 8.78. The van der Waals surface area contributed by atoms with Gasteiger partial charge in [-0.2, -0.15) is 0 Å². The Balaban J connectivity index is 1.86. The molecule has 0 aliphatic carbocycles. The maximum absolute atomic E-state index is 5.94.